The quantitative estimate of drug-likeness (QED) is 0.681. The average Bonchev–Trinajstić information content (AvgIpc) is 3.02. The third-order valence-electron chi connectivity index (χ3n) is 3.46. The first kappa shape index (κ1) is 13.5. The Kier molecular flexibility index (Phi) is 4.78. The first-order chi connectivity index (χ1) is 7.54. The zero-order valence-corrected chi connectivity index (χ0v) is 10.7. The van der Waals surface area contributed by atoms with Gasteiger partial charge in [0.15, 0.2) is 5.60 Å². The van der Waals surface area contributed by atoms with Gasteiger partial charge >= 0.3 is 5.97 Å². The standard InChI is InChI=1S/C13H24O3/c1-4-8-13(15,12(14)16-5-2)10(3)9-11-6-7-11/h10-11,15H,4-9H2,1-3H3. The van der Waals surface area contributed by atoms with E-state index in [-0.39, 0.29) is 5.92 Å². The van der Waals surface area contributed by atoms with Crippen LogP contribution in [-0.4, -0.2) is 23.3 Å². The first-order valence-corrected chi connectivity index (χ1v) is 6.44. The second-order valence-electron chi connectivity index (χ2n) is 4.97. The van der Waals surface area contributed by atoms with Crippen molar-refractivity contribution in [3.05, 3.63) is 0 Å². The van der Waals surface area contributed by atoms with E-state index in [0.29, 0.717) is 18.9 Å². The summed E-state index contributed by atoms with van der Waals surface area (Å²) in [6.45, 7) is 6.05. The SMILES string of the molecule is CCCC(O)(C(=O)OCC)C(C)CC1CC1. The Hall–Kier alpha value is -0.570. The molecule has 1 aliphatic carbocycles. The maximum absolute atomic E-state index is 11.8. The minimum atomic E-state index is -1.27. The molecule has 2 atom stereocenters. The van der Waals surface area contributed by atoms with E-state index in [1.165, 1.54) is 12.8 Å². The molecule has 1 saturated carbocycles. The van der Waals surface area contributed by atoms with Crippen molar-refractivity contribution in [3.63, 3.8) is 0 Å². The fourth-order valence-corrected chi connectivity index (χ4v) is 2.24. The van der Waals surface area contributed by atoms with Gasteiger partial charge in [0.05, 0.1) is 6.61 Å². The van der Waals surface area contributed by atoms with Crippen molar-refractivity contribution in [3.8, 4) is 0 Å². The second-order valence-corrected chi connectivity index (χ2v) is 4.97. The lowest BCUT2D eigenvalue weighted by Gasteiger charge is -2.31. The third kappa shape index (κ3) is 3.21. The normalized spacial score (nSPS) is 21.2. The summed E-state index contributed by atoms with van der Waals surface area (Å²) < 4.78 is 4.99. The molecule has 0 bridgehead atoms. The van der Waals surface area contributed by atoms with Gasteiger partial charge in [-0.2, -0.15) is 0 Å². The fourth-order valence-electron chi connectivity index (χ4n) is 2.24. The summed E-state index contributed by atoms with van der Waals surface area (Å²) in [4.78, 5) is 11.8. The van der Waals surface area contributed by atoms with E-state index in [4.69, 9.17) is 4.74 Å². The van der Waals surface area contributed by atoms with Crippen molar-refractivity contribution in [2.24, 2.45) is 11.8 Å². The van der Waals surface area contributed by atoms with E-state index in [0.717, 1.165) is 12.8 Å². The number of carbonyl (C=O) groups is 1. The van der Waals surface area contributed by atoms with Crippen molar-refractivity contribution in [2.75, 3.05) is 6.61 Å². The topological polar surface area (TPSA) is 46.5 Å². The molecule has 0 heterocycles. The number of hydrogen-bond donors (Lipinski definition) is 1. The molecule has 94 valence electrons. The van der Waals surface area contributed by atoms with E-state index in [1.54, 1.807) is 6.92 Å². The van der Waals surface area contributed by atoms with Crippen LogP contribution < -0.4 is 0 Å². The predicted octanol–water partition coefficient (Wildman–Crippen LogP) is 2.52. The Bertz CT molecular complexity index is 235. The van der Waals surface area contributed by atoms with Crippen LogP contribution in [0.5, 0.6) is 0 Å². The van der Waals surface area contributed by atoms with Gasteiger partial charge in [-0.1, -0.05) is 33.1 Å². The Morgan fingerprint density at radius 1 is 1.50 bits per heavy atom. The largest absolute Gasteiger partial charge is 0.464 e. The molecule has 0 aromatic carbocycles. The van der Waals surface area contributed by atoms with E-state index >= 15 is 0 Å². The highest BCUT2D eigenvalue weighted by atomic mass is 16.5. The minimum absolute atomic E-state index is 0.000926. The van der Waals surface area contributed by atoms with Gasteiger partial charge < -0.3 is 9.84 Å². The van der Waals surface area contributed by atoms with Crippen molar-refractivity contribution < 1.29 is 14.6 Å². The fraction of sp³-hybridized carbons (Fsp3) is 0.923. The van der Waals surface area contributed by atoms with Gasteiger partial charge in [0.25, 0.3) is 0 Å². The number of carbonyl (C=O) groups excluding carboxylic acids is 1. The van der Waals surface area contributed by atoms with E-state index in [1.807, 2.05) is 13.8 Å². The zero-order chi connectivity index (χ0) is 12.2. The molecule has 0 spiro atoms. The number of rotatable bonds is 7. The maximum Gasteiger partial charge on any atom is 0.338 e. The van der Waals surface area contributed by atoms with Gasteiger partial charge in [0.2, 0.25) is 0 Å². The molecule has 0 radical (unpaired) electrons. The summed E-state index contributed by atoms with van der Waals surface area (Å²) in [6, 6.07) is 0. The Morgan fingerprint density at radius 2 is 2.12 bits per heavy atom. The van der Waals surface area contributed by atoms with Gasteiger partial charge in [0, 0.05) is 0 Å². The molecule has 0 amide bonds. The summed E-state index contributed by atoms with van der Waals surface area (Å²) in [5.74, 6) is 0.275. The lowest BCUT2D eigenvalue weighted by atomic mass is 9.81. The Balaban J connectivity index is 2.63. The van der Waals surface area contributed by atoms with Gasteiger partial charge in [0.1, 0.15) is 0 Å². The number of esters is 1. The summed E-state index contributed by atoms with van der Waals surface area (Å²) in [5, 5.41) is 10.5. The number of ether oxygens (including phenoxy) is 1. The van der Waals surface area contributed by atoms with Crippen LogP contribution in [0.2, 0.25) is 0 Å². The maximum atomic E-state index is 11.8. The molecule has 0 aliphatic heterocycles. The van der Waals surface area contributed by atoms with Gasteiger partial charge in [-0.05, 0) is 31.6 Å². The molecule has 1 fully saturated rings. The highest BCUT2D eigenvalue weighted by Crippen LogP contribution is 2.39. The Morgan fingerprint density at radius 3 is 2.56 bits per heavy atom. The molecule has 0 aromatic rings. The molecule has 0 saturated heterocycles. The van der Waals surface area contributed by atoms with Crippen LogP contribution in [0.25, 0.3) is 0 Å². The van der Waals surface area contributed by atoms with Gasteiger partial charge in [-0.25, -0.2) is 4.79 Å². The molecule has 3 heteroatoms. The molecule has 3 nitrogen and oxygen atoms in total. The van der Waals surface area contributed by atoms with Gasteiger partial charge in [-0.15, -0.1) is 0 Å². The van der Waals surface area contributed by atoms with Gasteiger partial charge in [-0.3, -0.25) is 0 Å². The summed E-state index contributed by atoms with van der Waals surface area (Å²) in [7, 11) is 0. The molecule has 16 heavy (non-hydrogen) atoms. The minimum Gasteiger partial charge on any atom is -0.464 e. The summed E-state index contributed by atoms with van der Waals surface area (Å²) in [5.41, 5.74) is -1.27. The summed E-state index contributed by atoms with van der Waals surface area (Å²) in [6.07, 6.45) is 4.73. The monoisotopic (exact) mass is 228 g/mol. The zero-order valence-electron chi connectivity index (χ0n) is 10.7. The number of hydrogen-bond acceptors (Lipinski definition) is 3. The first-order valence-electron chi connectivity index (χ1n) is 6.44. The molecule has 1 rings (SSSR count). The van der Waals surface area contributed by atoms with E-state index < -0.39 is 11.6 Å². The predicted molar refractivity (Wildman–Crippen MR) is 63.0 cm³/mol. The smallest absolute Gasteiger partial charge is 0.338 e. The van der Waals surface area contributed by atoms with Crippen molar-refractivity contribution in [1.82, 2.24) is 0 Å². The third-order valence-corrected chi connectivity index (χ3v) is 3.46. The molecular formula is C13H24O3. The average molecular weight is 228 g/mol. The van der Waals surface area contributed by atoms with Crippen LogP contribution in [0.4, 0.5) is 0 Å². The molecule has 2 unspecified atom stereocenters. The van der Waals surface area contributed by atoms with Crippen molar-refractivity contribution >= 4 is 5.97 Å². The van der Waals surface area contributed by atoms with Crippen molar-refractivity contribution in [2.45, 2.75) is 58.5 Å². The highest BCUT2D eigenvalue weighted by molar-refractivity contribution is 5.79. The molecular weight excluding hydrogens is 204 g/mol. The lowest BCUT2D eigenvalue weighted by Crippen LogP contribution is -2.46. The van der Waals surface area contributed by atoms with Crippen LogP contribution >= 0.6 is 0 Å². The van der Waals surface area contributed by atoms with Crippen molar-refractivity contribution in [1.29, 1.82) is 0 Å². The summed E-state index contributed by atoms with van der Waals surface area (Å²) >= 11 is 0. The molecule has 1 aliphatic rings. The lowest BCUT2D eigenvalue weighted by molar-refractivity contribution is -0.172. The van der Waals surface area contributed by atoms with Crippen LogP contribution in [0.3, 0.4) is 0 Å². The van der Waals surface area contributed by atoms with Crippen LogP contribution in [0, 0.1) is 11.8 Å². The van der Waals surface area contributed by atoms with E-state index in [9.17, 15) is 9.90 Å². The molecule has 1 N–H and O–H groups in total. The van der Waals surface area contributed by atoms with Crippen LogP contribution in [-0.2, 0) is 9.53 Å². The second kappa shape index (κ2) is 5.67. The Labute approximate surface area is 98.2 Å². The van der Waals surface area contributed by atoms with Crippen LogP contribution in [0.15, 0.2) is 0 Å². The van der Waals surface area contributed by atoms with E-state index in [2.05, 4.69) is 0 Å². The van der Waals surface area contributed by atoms with Crippen LogP contribution in [0.1, 0.15) is 52.9 Å². The number of aliphatic hydroxyl groups is 1. The molecule has 0 aromatic heterocycles. The highest BCUT2D eigenvalue weighted by Gasteiger charge is 2.43.